The molecule has 0 amide bonds. The van der Waals surface area contributed by atoms with Crippen molar-refractivity contribution in [1.82, 2.24) is 0 Å². The van der Waals surface area contributed by atoms with Crippen LogP contribution in [0.25, 0.3) is 0 Å². The molecule has 2 rings (SSSR count). The molecule has 0 bridgehead atoms. The fraction of sp³-hybridized carbons (Fsp3) is 0.600. The smallest absolute Gasteiger partial charge is 0.272 e. The molecule has 19 heavy (non-hydrogen) atoms. The van der Waals surface area contributed by atoms with Gasteiger partial charge < -0.3 is 5.32 Å². The van der Waals surface area contributed by atoms with E-state index in [4.69, 9.17) is 0 Å². The molecule has 0 radical (unpaired) electrons. The van der Waals surface area contributed by atoms with Crippen LogP contribution in [0.3, 0.4) is 0 Å². The van der Waals surface area contributed by atoms with Gasteiger partial charge in [-0.15, -0.1) is 0 Å². The molecule has 1 N–H and O–H groups in total. The first-order chi connectivity index (χ1) is 8.99. The van der Waals surface area contributed by atoms with Crippen LogP contribution < -0.4 is 5.32 Å². The summed E-state index contributed by atoms with van der Waals surface area (Å²) in [5.74, 6) is 0.670. The van der Waals surface area contributed by atoms with Crippen molar-refractivity contribution in [2.45, 2.75) is 52.5 Å². The Hall–Kier alpha value is -1.58. The molecule has 1 aliphatic carbocycles. The predicted octanol–water partition coefficient (Wildman–Crippen LogP) is 4.20. The number of nitrogens with one attached hydrogen (secondary N) is 1. The zero-order valence-electron chi connectivity index (χ0n) is 11.9. The third kappa shape index (κ3) is 3.06. The molecule has 1 aromatic carbocycles. The Morgan fingerprint density at radius 1 is 1.21 bits per heavy atom. The van der Waals surface area contributed by atoms with E-state index in [1.165, 1.54) is 25.7 Å². The van der Waals surface area contributed by atoms with Gasteiger partial charge in [0, 0.05) is 23.4 Å². The molecule has 1 fully saturated rings. The number of nitro groups is 1. The second-order valence-corrected chi connectivity index (χ2v) is 5.72. The summed E-state index contributed by atoms with van der Waals surface area (Å²) >= 11 is 0. The summed E-state index contributed by atoms with van der Waals surface area (Å²) < 4.78 is 0. The predicted molar refractivity (Wildman–Crippen MR) is 77.6 cm³/mol. The Morgan fingerprint density at radius 3 is 2.53 bits per heavy atom. The van der Waals surface area contributed by atoms with Crippen molar-refractivity contribution >= 4 is 11.4 Å². The van der Waals surface area contributed by atoms with Gasteiger partial charge in [-0.05, 0) is 44.2 Å². The van der Waals surface area contributed by atoms with Crippen molar-refractivity contribution in [2.24, 2.45) is 5.92 Å². The molecule has 4 nitrogen and oxygen atoms in total. The van der Waals surface area contributed by atoms with Crippen LogP contribution in [0.15, 0.2) is 12.1 Å². The Labute approximate surface area is 114 Å². The van der Waals surface area contributed by atoms with Gasteiger partial charge in [-0.25, -0.2) is 0 Å². The fourth-order valence-corrected chi connectivity index (χ4v) is 2.88. The topological polar surface area (TPSA) is 55.2 Å². The van der Waals surface area contributed by atoms with Crippen LogP contribution in [-0.2, 0) is 0 Å². The van der Waals surface area contributed by atoms with Gasteiger partial charge in [0.2, 0.25) is 0 Å². The third-order valence-electron chi connectivity index (χ3n) is 4.19. The molecule has 1 aromatic rings. The maximum Gasteiger partial charge on any atom is 0.272 e. The van der Waals surface area contributed by atoms with Crippen molar-refractivity contribution in [1.29, 1.82) is 0 Å². The Morgan fingerprint density at radius 2 is 1.89 bits per heavy atom. The Kier molecular flexibility index (Phi) is 4.08. The van der Waals surface area contributed by atoms with Gasteiger partial charge >= 0.3 is 0 Å². The normalized spacial score (nSPS) is 23.1. The van der Waals surface area contributed by atoms with E-state index in [9.17, 15) is 10.1 Å². The lowest BCUT2D eigenvalue weighted by Crippen LogP contribution is -2.30. The molecule has 1 aliphatic rings. The van der Waals surface area contributed by atoms with Crippen molar-refractivity contribution in [2.75, 3.05) is 5.32 Å². The quantitative estimate of drug-likeness (QED) is 0.656. The lowest BCUT2D eigenvalue weighted by atomic mass is 9.85. The highest BCUT2D eigenvalue weighted by molar-refractivity contribution is 5.59. The minimum Gasteiger partial charge on any atom is -0.382 e. The summed E-state index contributed by atoms with van der Waals surface area (Å²) in [6.07, 6.45) is 5.05. The lowest BCUT2D eigenvalue weighted by Gasteiger charge is -2.31. The fourth-order valence-electron chi connectivity index (χ4n) is 2.88. The third-order valence-corrected chi connectivity index (χ3v) is 4.19. The van der Waals surface area contributed by atoms with E-state index in [1.54, 1.807) is 13.0 Å². The number of hydrogen-bond acceptors (Lipinski definition) is 3. The molecule has 0 aromatic heterocycles. The van der Waals surface area contributed by atoms with Crippen LogP contribution in [0.4, 0.5) is 11.4 Å². The van der Waals surface area contributed by atoms with Crippen molar-refractivity contribution < 1.29 is 4.92 Å². The van der Waals surface area contributed by atoms with Gasteiger partial charge in [0.1, 0.15) is 0 Å². The minimum absolute atomic E-state index is 0.208. The molecule has 104 valence electrons. The summed E-state index contributed by atoms with van der Waals surface area (Å²) in [5.41, 5.74) is 2.93. The molecule has 2 atom stereocenters. The molecule has 0 aliphatic heterocycles. The number of aryl methyl sites for hydroxylation is 2. The van der Waals surface area contributed by atoms with Gasteiger partial charge in [-0.2, -0.15) is 0 Å². The van der Waals surface area contributed by atoms with Crippen LogP contribution in [0.5, 0.6) is 0 Å². The van der Waals surface area contributed by atoms with Crippen LogP contribution in [0.2, 0.25) is 0 Å². The van der Waals surface area contributed by atoms with Gasteiger partial charge in [-0.3, -0.25) is 10.1 Å². The maximum absolute atomic E-state index is 10.9. The highest BCUT2D eigenvalue weighted by atomic mass is 16.6. The van der Waals surface area contributed by atoms with E-state index < -0.39 is 0 Å². The number of nitrogens with zero attached hydrogens (tertiary/aromatic N) is 1. The number of anilines is 1. The van der Waals surface area contributed by atoms with Gasteiger partial charge in [0.05, 0.1) is 4.92 Å². The summed E-state index contributed by atoms with van der Waals surface area (Å²) in [6, 6.07) is 4.08. The average molecular weight is 262 g/mol. The number of benzene rings is 1. The monoisotopic (exact) mass is 262 g/mol. The van der Waals surface area contributed by atoms with Crippen molar-refractivity contribution in [3.63, 3.8) is 0 Å². The van der Waals surface area contributed by atoms with E-state index in [2.05, 4.69) is 12.2 Å². The van der Waals surface area contributed by atoms with Crippen molar-refractivity contribution in [3.05, 3.63) is 33.4 Å². The van der Waals surface area contributed by atoms with E-state index in [1.807, 2.05) is 13.0 Å². The van der Waals surface area contributed by atoms with Crippen molar-refractivity contribution in [3.8, 4) is 0 Å². The zero-order valence-corrected chi connectivity index (χ0v) is 11.9. The molecule has 0 heterocycles. The highest BCUT2D eigenvalue weighted by Crippen LogP contribution is 2.30. The van der Waals surface area contributed by atoms with E-state index in [-0.39, 0.29) is 10.6 Å². The van der Waals surface area contributed by atoms with Gasteiger partial charge in [-0.1, -0.05) is 19.8 Å². The minimum atomic E-state index is -0.310. The van der Waals surface area contributed by atoms with Crippen LogP contribution >= 0.6 is 0 Å². The molecule has 0 spiro atoms. The van der Waals surface area contributed by atoms with Gasteiger partial charge in [0.15, 0.2) is 0 Å². The standard InChI is InChI=1S/C15H22N2O2/c1-10-6-4-5-7-13(10)16-14-8-12(3)15(17(18)19)9-11(14)2/h8-10,13,16H,4-7H2,1-3H3. The maximum atomic E-state index is 10.9. The number of nitro benzene ring substituents is 1. The number of hydrogen-bond donors (Lipinski definition) is 1. The second kappa shape index (κ2) is 5.59. The molecule has 1 saturated carbocycles. The number of rotatable bonds is 3. The van der Waals surface area contributed by atoms with E-state index in [0.29, 0.717) is 12.0 Å². The molecule has 0 saturated heterocycles. The zero-order chi connectivity index (χ0) is 14.0. The van der Waals surface area contributed by atoms with E-state index in [0.717, 1.165) is 16.8 Å². The molecular weight excluding hydrogens is 240 g/mol. The van der Waals surface area contributed by atoms with E-state index >= 15 is 0 Å². The molecular formula is C15H22N2O2. The summed E-state index contributed by atoms with van der Waals surface area (Å²) in [7, 11) is 0. The first-order valence-electron chi connectivity index (χ1n) is 7.01. The molecule has 4 heteroatoms. The SMILES string of the molecule is Cc1cc([N+](=O)[O-])c(C)cc1NC1CCCCC1C. The Balaban J connectivity index is 2.21. The molecule has 2 unspecified atom stereocenters. The first-order valence-corrected chi connectivity index (χ1v) is 7.01. The summed E-state index contributed by atoms with van der Waals surface area (Å²) in [4.78, 5) is 10.6. The Bertz CT molecular complexity index is 485. The van der Waals surface area contributed by atoms with Gasteiger partial charge in [0.25, 0.3) is 5.69 Å². The second-order valence-electron chi connectivity index (χ2n) is 5.72. The summed E-state index contributed by atoms with van der Waals surface area (Å²) in [6.45, 7) is 6.01. The average Bonchev–Trinajstić information content (AvgIpc) is 2.35. The van der Waals surface area contributed by atoms with Crippen LogP contribution in [-0.4, -0.2) is 11.0 Å². The van der Waals surface area contributed by atoms with Crippen LogP contribution in [0.1, 0.15) is 43.7 Å². The van der Waals surface area contributed by atoms with Crippen LogP contribution in [0, 0.1) is 29.9 Å². The summed E-state index contributed by atoms with van der Waals surface area (Å²) in [5, 5.41) is 14.5. The lowest BCUT2D eigenvalue weighted by molar-refractivity contribution is -0.385. The largest absolute Gasteiger partial charge is 0.382 e. The first kappa shape index (κ1) is 13.8. The highest BCUT2D eigenvalue weighted by Gasteiger charge is 2.22.